The van der Waals surface area contributed by atoms with Crippen molar-refractivity contribution < 1.29 is 23.8 Å². The monoisotopic (exact) mass is 308 g/mol. The molecule has 2 fully saturated rings. The van der Waals surface area contributed by atoms with E-state index in [0.717, 1.165) is 11.1 Å². The molecule has 2 saturated carbocycles. The fraction of sp³-hybridized carbons (Fsp3) is 0.765. The molecule has 0 spiro atoms. The first-order valence-electron chi connectivity index (χ1n) is 8.32. The molecule has 0 saturated heterocycles. The summed E-state index contributed by atoms with van der Waals surface area (Å²) < 4.78 is 15.4. The first-order valence-corrected chi connectivity index (χ1v) is 8.32. The maximum atomic E-state index is 12.3. The lowest BCUT2D eigenvalue weighted by molar-refractivity contribution is -0.140. The molecule has 22 heavy (non-hydrogen) atoms. The van der Waals surface area contributed by atoms with Crippen LogP contribution in [0.4, 0.5) is 4.79 Å². The molecule has 3 aliphatic rings. The minimum Gasteiger partial charge on any atom is -0.463 e. The van der Waals surface area contributed by atoms with Crippen LogP contribution in [-0.2, 0) is 19.0 Å². The van der Waals surface area contributed by atoms with E-state index >= 15 is 0 Å². The highest BCUT2D eigenvalue weighted by molar-refractivity contribution is 5.93. The van der Waals surface area contributed by atoms with Gasteiger partial charge in [0, 0.05) is 11.5 Å². The van der Waals surface area contributed by atoms with Gasteiger partial charge >= 0.3 is 12.1 Å². The molecule has 0 unspecified atom stereocenters. The maximum absolute atomic E-state index is 12.3. The molecule has 0 aromatic heterocycles. The van der Waals surface area contributed by atoms with E-state index < -0.39 is 12.3 Å². The number of carbonyl (C=O) groups excluding carboxylic acids is 2. The highest BCUT2D eigenvalue weighted by atomic mass is 16.7. The van der Waals surface area contributed by atoms with Crippen molar-refractivity contribution in [3.63, 3.8) is 0 Å². The average Bonchev–Trinajstić information content (AvgIpc) is 2.96. The highest BCUT2D eigenvalue weighted by Crippen LogP contribution is 2.64. The zero-order chi connectivity index (χ0) is 15.9. The number of fused-ring (bicyclic) bond motifs is 5. The summed E-state index contributed by atoms with van der Waals surface area (Å²) in [4.78, 5) is 23.9. The molecule has 0 N–H and O–H groups in total. The Morgan fingerprint density at radius 2 is 1.73 bits per heavy atom. The van der Waals surface area contributed by atoms with E-state index in [-0.39, 0.29) is 12.6 Å². The summed E-state index contributed by atoms with van der Waals surface area (Å²) in [5.41, 5.74) is 1.75. The fourth-order valence-electron chi connectivity index (χ4n) is 4.74. The van der Waals surface area contributed by atoms with E-state index in [1.165, 1.54) is 19.3 Å². The second kappa shape index (κ2) is 5.94. The molecule has 0 aromatic carbocycles. The van der Waals surface area contributed by atoms with Crippen LogP contribution in [0.25, 0.3) is 0 Å². The Labute approximate surface area is 131 Å². The Morgan fingerprint density at radius 1 is 1.09 bits per heavy atom. The van der Waals surface area contributed by atoms with E-state index in [1.807, 2.05) is 13.8 Å². The zero-order valence-electron chi connectivity index (χ0n) is 13.5. The van der Waals surface area contributed by atoms with E-state index in [0.29, 0.717) is 30.3 Å². The van der Waals surface area contributed by atoms with Crippen molar-refractivity contribution in [2.75, 3.05) is 13.2 Å². The summed E-state index contributed by atoms with van der Waals surface area (Å²) in [6.07, 6.45) is 2.52. The van der Waals surface area contributed by atoms with E-state index in [2.05, 4.69) is 0 Å². The number of hydrogen-bond donors (Lipinski definition) is 0. The van der Waals surface area contributed by atoms with Crippen molar-refractivity contribution >= 4 is 12.1 Å². The molecule has 0 heterocycles. The molecular weight excluding hydrogens is 284 g/mol. The lowest BCUT2D eigenvalue weighted by Crippen LogP contribution is -2.44. The van der Waals surface area contributed by atoms with Crippen LogP contribution in [0.15, 0.2) is 11.1 Å². The molecule has 0 amide bonds. The molecule has 5 heteroatoms. The predicted octanol–water partition coefficient (Wildman–Crippen LogP) is 3.08. The summed E-state index contributed by atoms with van der Waals surface area (Å²) >= 11 is 0. The Kier molecular flexibility index (Phi) is 4.15. The van der Waals surface area contributed by atoms with Gasteiger partial charge in [0.05, 0.1) is 13.2 Å². The van der Waals surface area contributed by atoms with Gasteiger partial charge < -0.3 is 14.2 Å². The van der Waals surface area contributed by atoms with Gasteiger partial charge in [0.2, 0.25) is 0 Å². The quantitative estimate of drug-likeness (QED) is 0.730. The standard InChI is InChI=1S/C17H24O5/c1-4-20-16(18)15-12(9(3)22-17(19)21-5-2)13-10-6-7-11(8-10)14(13)15/h9-11,13-14H,4-8H2,1-3H3/t9-,10+,11-,13+,14+/m0/s1. The predicted molar refractivity (Wildman–Crippen MR) is 79.0 cm³/mol. The van der Waals surface area contributed by atoms with Gasteiger partial charge in [-0.25, -0.2) is 9.59 Å². The topological polar surface area (TPSA) is 61.8 Å². The zero-order valence-corrected chi connectivity index (χ0v) is 13.5. The van der Waals surface area contributed by atoms with Gasteiger partial charge in [-0.05, 0) is 63.4 Å². The van der Waals surface area contributed by atoms with Crippen LogP contribution in [0.3, 0.4) is 0 Å². The summed E-state index contributed by atoms with van der Waals surface area (Å²) in [7, 11) is 0. The van der Waals surface area contributed by atoms with Gasteiger partial charge in [-0.3, -0.25) is 0 Å². The Hall–Kier alpha value is -1.52. The van der Waals surface area contributed by atoms with Crippen molar-refractivity contribution in [1.29, 1.82) is 0 Å². The van der Waals surface area contributed by atoms with Crippen molar-refractivity contribution in [2.24, 2.45) is 23.7 Å². The lowest BCUT2D eigenvalue weighted by Gasteiger charge is -2.45. The molecule has 5 atom stereocenters. The van der Waals surface area contributed by atoms with E-state index in [1.54, 1.807) is 6.92 Å². The maximum Gasteiger partial charge on any atom is 0.508 e. The molecule has 3 rings (SSSR count). The summed E-state index contributed by atoms with van der Waals surface area (Å²) in [5, 5.41) is 0. The third-order valence-electron chi connectivity index (χ3n) is 5.39. The molecule has 0 radical (unpaired) electrons. The Balaban J connectivity index is 1.82. The number of hydrogen-bond acceptors (Lipinski definition) is 5. The van der Waals surface area contributed by atoms with Gasteiger partial charge in [-0.2, -0.15) is 0 Å². The SMILES string of the molecule is CCOC(=O)O[C@@H](C)C1=C(C(=O)OCC)[C@@H]2[C@H]3CC[C@H](C3)[C@H]12. The molecule has 122 valence electrons. The first-order chi connectivity index (χ1) is 10.6. The number of esters is 1. The largest absolute Gasteiger partial charge is 0.508 e. The van der Waals surface area contributed by atoms with Crippen molar-refractivity contribution in [3.05, 3.63) is 11.1 Å². The van der Waals surface area contributed by atoms with Crippen LogP contribution in [0, 0.1) is 23.7 Å². The summed E-state index contributed by atoms with van der Waals surface area (Å²) in [6, 6.07) is 0. The van der Waals surface area contributed by atoms with Crippen LogP contribution in [0.5, 0.6) is 0 Å². The lowest BCUT2D eigenvalue weighted by atomic mass is 9.60. The van der Waals surface area contributed by atoms with Crippen LogP contribution in [0.2, 0.25) is 0 Å². The highest BCUT2D eigenvalue weighted by Gasteiger charge is 2.60. The third kappa shape index (κ3) is 2.31. The van der Waals surface area contributed by atoms with Crippen molar-refractivity contribution in [2.45, 2.75) is 46.1 Å². The van der Waals surface area contributed by atoms with Crippen molar-refractivity contribution in [3.8, 4) is 0 Å². The van der Waals surface area contributed by atoms with E-state index in [9.17, 15) is 9.59 Å². The van der Waals surface area contributed by atoms with Gasteiger partial charge in [0.15, 0.2) is 0 Å². The smallest absolute Gasteiger partial charge is 0.463 e. The fourth-order valence-corrected chi connectivity index (χ4v) is 4.74. The molecule has 2 bridgehead atoms. The van der Waals surface area contributed by atoms with Crippen LogP contribution >= 0.6 is 0 Å². The molecule has 0 aliphatic heterocycles. The molecular formula is C17H24O5. The van der Waals surface area contributed by atoms with Gasteiger partial charge in [-0.1, -0.05) is 0 Å². The Morgan fingerprint density at radius 3 is 2.36 bits per heavy atom. The average molecular weight is 308 g/mol. The number of carbonyl (C=O) groups is 2. The Bertz CT molecular complexity index is 509. The van der Waals surface area contributed by atoms with Crippen molar-refractivity contribution in [1.82, 2.24) is 0 Å². The van der Waals surface area contributed by atoms with E-state index in [4.69, 9.17) is 14.2 Å². The van der Waals surface area contributed by atoms with Gasteiger partial charge in [0.25, 0.3) is 0 Å². The van der Waals surface area contributed by atoms with Gasteiger partial charge in [-0.15, -0.1) is 0 Å². The number of ether oxygens (including phenoxy) is 3. The third-order valence-corrected chi connectivity index (χ3v) is 5.39. The van der Waals surface area contributed by atoms with Crippen LogP contribution < -0.4 is 0 Å². The van der Waals surface area contributed by atoms with Crippen LogP contribution in [0.1, 0.15) is 40.0 Å². The normalized spacial score (nSPS) is 33.0. The van der Waals surface area contributed by atoms with Crippen LogP contribution in [-0.4, -0.2) is 31.4 Å². The number of rotatable bonds is 5. The molecule has 0 aromatic rings. The minimum atomic E-state index is -0.669. The summed E-state index contributed by atoms with van der Waals surface area (Å²) in [6.45, 7) is 6.03. The molecule has 5 nitrogen and oxygen atoms in total. The molecule has 3 aliphatic carbocycles. The second-order valence-electron chi connectivity index (χ2n) is 6.42. The second-order valence-corrected chi connectivity index (χ2v) is 6.42. The minimum absolute atomic E-state index is 0.231. The van der Waals surface area contributed by atoms with Gasteiger partial charge in [0.1, 0.15) is 6.10 Å². The first kappa shape index (κ1) is 15.4. The summed E-state index contributed by atoms with van der Waals surface area (Å²) in [5.74, 6) is 1.72.